The van der Waals surface area contributed by atoms with E-state index in [1.165, 1.54) is 48.5 Å². The van der Waals surface area contributed by atoms with E-state index in [-0.39, 0.29) is 33.6 Å². The van der Waals surface area contributed by atoms with E-state index in [0.29, 0.717) is 44.8 Å². The maximum atomic E-state index is 16.6. The lowest BCUT2D eigenvalue weighted by Crippen LogP contribution is -2.14. The highest BCUT2D eigenvalue weighted by Crippen LogP contribution is 2.49. The summed E-state index contributed by atoms with van der Waals surface area (Å²) in [5.41, 5.74) is 2.74. The van der Waals surface area contributed by atoms with E-state index in [9.17, 15) is 14.0 Å². The van der Waals surface area contributed by atoms with Crippen LogP contribution in [-0.2, 0) is 0 Å². The zero-order valence-electron chi connectivity index (χ0n) is 33.2. The zero-order chi connectivity index (χ0) is 44.2. The van der Waals surface area contributed by atoms with Crippen molar-refractivity contribution in [3.05, 3.63) is 222 Å². The van der Waals surface area contributed by atoms with Crippen LogP contribution in [0.2, 0.25) is 0 Å². The molecule has 4 nitrogen and oxygen atoms in total. The smallest absolute Gasteiger partial charge is 0.187 e. The first-order chi connectivity index (χ1) is 31.1. The minimum absolute atomic E-state index is 0.0549. The van der Waals surface area contributed by atoms with Gasteiger partial charge in [0.05, 0.1) is 41.0 Å². The SMILES string of the molecule is [C-]#[N+]c1ccc(N(c2cc(F)c(-c3ccc(F)cc3)cc2F)c2ccc3ccc4c(N(c5ccc(C#N)cc5)c5cc(F)c(-c6ccc(F)cc6)cc5F)ccc5ccc2c3c54)cc1. The summed E-state index contributed by atoms with van der Waals surface area (Å²) in [6, 6.07) is 44.5. The fourth-order valence-corrected chi connectivity index (χ4v) is 8.45. The molecule has 64 heavy (non-hydrogen) atoms. The highest BCUT2D eigenvalue weighted by atomic mass is 19.1. The molecule has 0 bridgehead atoms. The van der Waals surface area contributed by atoms with E-state index in [1.807, 2.05) is 36.4 Å². The fourth-order valence-electron chi connectivity index (χ4n) is 8.45. The van der Waals surface area contributed by atoms with Gasteiger partial charge in [-0.15, -0.1) is 0 Å². The van der Waals surface area contributed by atoms with E-state index < -0.39 is 34.9 Å². The van der Waals surface area contributed by atoms with E-state index in [2.05, 4.69) is 10.9 Å². The molecule has 0 aliphatic heterocycles. The molecule has 10 aromatic rings. The first-order valence-electron chi connectivity index (χ1n) is 19.9. The van der Waals surface area contributed by atoms with Crippen LogP contribution in [0.5, 0.6) is 0 Å². The number of hydrogen-bond donors (Lipinski definition) is 0. The lowest BCUT2D eigenvalue weighted by atomic mass is 9.91. The monoisotopic (exact) mass is 846 g/mol. The molecule has 10 aromatic carbocycles. The summed E-state index contributed by atoms with van der Waals surface area (Å²) in [6.07, 6.45) is 0. The number of nitriles is 1. The van der Waals surface area contributed by atoms with Crippen molar-refractivity contribution in [3.8, 4) is 28.3 Å². The van der Waals surface area contributed by atoms with Crippen molar-refractivity contribution in [2.24, 2.45) is 0 Å². The minimum Gasteiger partial charge on any atom is -0.307 e. The van der Waals surface area contributed by atoms with Gasteiger partial charge in [0.15, 0.2) is 5.69 Å². The molecule has 0 heterocycles. The van der Waals surface area contributed by atoms with Crippen LogP contribution in [0, 0.1) is 52.8 Å². The number of hydrogen-bond acceptors (Lipinski definition) is 3. The molecule has 0 unspecified atom stereocenters. The third-order valence-corrected chi connectivity index (χ3v) is 11.5. The lowest BCUT2D eigenvalue weighted by molar-refractivity contribution is 0.604. The molecule has 10 rings (SSSR count). The van der Waals surface area contributed by atoms with E-state index in [0.717, 1.165) is 45.8 Å². The normalized spacial score (nSPS) is 11.2. The average molecular weight is 847 g/mol. The molecule has 0 radical (unpaired) electrons. The van der Waals surface area contributed by atoms with Gasteiger partial charge in [0.1, 0.15) is 34.9 Å². The van der Waals surface area contributed by atoms with Gasteiger partial charge in [-0.3, -0.25) is 0 Å². The van der Waals surface area contributed by atoms with Crippen molar-refractivity contribution in [1.82, 2.24) is 0 Å². The average Bonchev–Trinajstić information content (AvgIpc) is 3.32. The van der Waals surface area contributed by atoms with E-state index >= 15 is 17.6 Å². The Kier molecular flexibility index (Phi) is 9.70. The van der Waals surface area contributed by atoms with Crippen LogP contribution in [-0.4, -0.2) is 0 Å². The van der Waals surface area contributed by atoms with E-state index in [4.69, 9.17) is 6.57 Å². The van der Waals surface area contributed by atoms with Crippen LogP contribution in [0.4, 0.5) is 66.2 Å². The molecular formula is C54H28F6N4. The van der Waals surface area contributed by atoms with Crippen molar-refractivity contribution < 1.29 is 26.3 Å². The maximum Gasteiger partial charge on any atom is 0.187 e. The fraction of sp³-hybridized carbons (Fsp3) is 0. The van der Waals surface area contributed by atoms with Gasteiger partial charge in [-0.2, -0.15) is 5.26 Å². The van der Waals surface area contributed by atoms with Gasteiger partial charge in [-0.05, 0) is 118 Å². The molecular weight excluding hydrogens is 819 g/mol. The van der Waals surface area contributed by atoms with E-state index in [1.54, 1.807) is 70.5 Å². The van der Waals surface area contributed by atoms with Gasteiger partial charge in [0, 0.05) is 45.4 Å². The molecule has 0 saturated carbocycles. The van der Waals surface area contributed by atoms with Crippen LogP contribution >= 0.6 is 0 Å². The molecule has 0 fully saturated rings. The molecule has 10 heteroatoms. The summed E-state index contributed by atoms with van der Waals surface area (Å²) < 4.78 is 93.2. The number of rotatable bonds is 8. The quantitative estimate of drug-likeness (QED) is 0.0868. The summed E-state index contributed by atoms with van der Waals surface area (Å²) >= 11 is 0. The van der Waals surface area contributed by atoms with Crippen LogP contribution in [0.3, 0.4) is 0 Å². The predicted molar refractivity (Wildman–Crippen MR) is 241 cm³/mol. The summed E-state index contributed by atoms with van der Waals surface area (Å²) in [5, 5.41) is 14.0. The third-order valence-electron chi connectivity index (χ3n) is 11.5. The summed E-state index contributed by atoms with van der Waals surface area (Å²) in [7, 11) is 0. The molecule has 0 aliphatic carbocycles. The van der Waals surface area contributed by atoms with Gasteiger partial charge in [0.25, 0.3) is 0 Å². The molecule has 0 aromatic heterocycles. The molecule has 0 spiro atoms. The second kappa shape index (κ2) is 15.7. The number of nitrogens with zero attached hydrogens (tertiary/aromatic N) is 4. The first kappa shape index (κ1) is 39.5. The third kappa shape index (κ3) is 6.75. The Morgan fingerprint density at radius 2 is 0.828 bits per heavy atom. The lowest BCUT2D eigenvalue weighted by Gasteiger charge is -2.30. The van der Waals surface area contributed by atoms with Crippen LogP contribution < -0.4 is 9.80 Å². The van der Waals surface area contributed by atoms with Gasteiger partial charge in [-0.25, -0.2) is 31.2 Å². The number of anilines is 6. The van der Waals surface area contributed by atoms with Crippen LogP contribution in [0.15, 0.2) is 170 Å². The molecule has 306 valence electrons. The predicted octanol–water partition coefficient (Wildman–Crippen LogP) is 16.1. The van der Waals surface area contributed by atoms with Crippen molar-refractivity contribution in [1.29, 1.82) is 5.26 Å². The largest absolute Gasteiger partial charge is 0.307 e. The van der Waals surface area contributed by atoms with Crippen LogP contribution in [0.1, 0.15) is 5.56 Å². The first-order valence-corrected chi connectivity index (χ1v) is 19.9. The Balaban J connectivity index is 1.19. The Bertz CT molecular complexity index is 3290. The standard InChI is InChI=1S/C54H28F6N4/c1-62-38-16-20-40(21-17-38)64(52-29-46(58)44(27-48(52)60)33-6-14-37(56)15-7-33)50-25-11-35-8-22-41-49(24-10-34-9-23-42(50)54(35)53(34)41)63(39-18-2-31(30-61)3-19-39)51-28-45(57)43(26-47(51)59)32-4-12-36(55)13-5-32/h2-29H. The van der Waals surface area contributed by atoms with Crippen molar-refractivity contribution in [2.75, 3.05) is 9.80 Å². The zero-order valence-corrected chi connectivity index (χ0v) is 33.2. The molecule has 0 N–H and O–H groups in total. The molecule has 0 amide bonds. The minimum atomic E-state index is -0.766. The Morgan fingerprint density at radius 3 is 1.23 bits per heavy atom. The summed E-state index contributed by atoms with van der Waals surface area (Å²) in [4.78, 5) is 6.66. The van der Waals surface area contributed by atoms with Crippen LogP contribution in [0.25, 0.3) is 59.4 Å². The second-order valence-corrected chi connectivity index (χ2v) is 15.1. The highest BCUT2D eigenvalue weighted by molar-refractivity contribution is 6.28. The molecule has 0 atom stereocenters. The number of benzene rings is 10. The maximum absolute atomic E-state index is 16.6. The Hall–Kier alpha value is -8.60. The molecule has 0 saturated heterocycles. The summed E-state index contributed by atoms with van der Waals surface area (Å²) in [6.45, 7) is 7.52. The van der Waals surface area contributed by atoms with Crippen molar-refractivity contribution in [2.45, 2.75) is 0 Å². The topological polar surface area (TPSA) is 34.6 Å². The Labute approximate surface area is 362 Å². The second-order valence-electron chi connectivity index (χ2n) is 15.1. The highest BCUT2D eigenvalue weighted by Gasteiger charge is 2.26. The van der Waals surface area contributed by atoms with Gasteiger partial charge >= 0.3 is 0 Å². The van der Waals surface area contributed by atoms with Gasteiger partial charge in [0.2, 0.25) is 0 Å². The van der Waals surface area contributed by atoms with Crippen molar-refractivity contribution in [3.63, 3.8) is 0 Å². The van der Waals surface area contributed by atoms with Crippen molar-refractivity contribution >= 4 is 72.1 Å². The molecule has 0 aliphatic rings. The summed E-state index contributed by atoms with van der Waals surface area (Å²) in [5.74, 6) is -4.06. The van der Waals surface area contributed by atoms with Gasteiger partial charge in [-0.1, -0.05) is 72.8 Å². The Morgan fingerprint density at radius 1 is 0.422 bits per heavy atom. The number of halogens is 6. The van der Waals surface area contributed by atoms with Gasteiger partial charge < -0.3 is 9.80 Å².